The second kappa shape index (κ2) is 4.11. The first-order valence-corrected chi connectivity index (χ1v) is 6.51. The van der Waals surface area contributed by atoms with Crippen molar-refractivity contribution in [3.05, 3.63) is 35.5 Å². The molecule has 0 aromatic carbocycles. The summed E-state index contributed by atoms with van der Waals surface area (Å²) in [7, 11) is 0. The molecule has 1 aliphatic carbocycles. The number of thioether (sulfide) groups is 1. The number of dihydropyridines is 1. The molecule has 4 heteroatoms. The van der Waals surface area contributed by atoms with Gasteiger partial charge in [0.25, 0.3) is 5.91 Å². The highest BCUT2D eigenvalue weighted by Crippen LogP contribution is 2.34. The third-order valence-corrected chi connectivity index (χ3v) is 4.16. The van der Waals surface area contributed by atoms with Gasteiger partial charge >= 0.3 is 0 Å². The Hall–Kier alpha value is -1.42. The van der Waals surface area contributed by atoms with Crippen LogP contribution in [-0.2, 0) is 9.59 Å². The van der Waals surface area contributed by atoms with E-state index >= 15 is 0 Å². The van der Waals surface area contributed by atoms with Crippen molar-refractivity contribution in [2.24, 2.45) is 4.99 Å². The van der Waals surface area contributed by atoms with Gasteiger partial charge in [0.1, 0.15) is 0 Å². The molecule has 2 aliphatic rings. The fraction of sp³-hybridized carbons (Fsp3) is 0.308. The number of allylic oxidation sites excluding steroid dienone is 4. The van der Waals surface area contributed by atoms with Crippen LogP contribution in [0.3, 0.4) is 0 Å². The van der Waals surface area contributed by atoms with Gasteiger partial charge in [-0.05, 0) is 31.8 Å². The van der Waals surface area contributed by atoms with Crippen molar-refractivity contribution in [1.29, 1.82) is 0 Å². The van der Waals surface area contributed by atoms with E-state index in [0.717, 1.165) is 11.3 Å². The SMILES string of the molecule is CSC1(C)C=CC=C2C=C(C(C)=O)C(=O)N=C21. The number of aliphatic imine (C=N–C) groups is 1. The van der Waals surface area contributed by atoms with Gasteiger partial charge in [-0.3, -0.25) is 9.59 Å². The number of Topliss-reactive ketones (excluding diaryl/α,β-unsaturated/α-hetero) is 1. The van der Waals surface area contributed by atoms with Crippen molar-refractivity contribution in [3.8, 4) is 0 Å². The van der Waals surface area contributed by atoms with Crippen molar-refractivity contribution >= 4 is 29.2 Å². The molecular formula is C13H13NO2S. The quantitative estimate of drug-likeness (QED) is 0.702. The molecule has 17 heavy (non-hydrogen) atoms. The molecule has 0 spiro atoms. The lowest BCUT2D eigenvalue weighted by Crippen LogP contribution is -2.35. The van der Waals surface area contributed by atoms with Crippen LogP contribution in [0, 0.1) is 0 Å². The summed E-state index contributed by atoms with van der Waals surface area (Å²) in [6.07, 6.45) is 9.45. The average molecular weight is 247 g/mol. The monoisotopic (exact) mass is 247 g/mol. The molecule has 88 valence electrons. The second-order valence-corrected chi connectivity index (χ2v) is 5.43. The van der Waals surface area contributed by atoms with Crippen LogP contribution in [0.15, 0.2) is 40.4 Å². The van der Waals surface area contributed by atoms with E-state index in [1.165, 1.54) is 6.92 Å². The van der Waals surface area contributed by atoms with E-state index in [1.807, 2.05) is 31.4 Å². The minimum absolute atomic E-state index is 0.166. The molecule has 0 radical (unpaired) electrons. The van der Waals surface area contributed by atoms with Crippen LogP contribution in [0.25, 0.3) is 0 Å². The normalized spacial score (nSPS) is 27.0. The fourth-order valence-corrected chi connectivity index (χ4v) is 2.44. The number of rotatable bonds is 2. The largest absolute Gasteiger partial charge is 0.294 e. The number of fused-ring (bicyclic) bond motifs is 1. The Bertz CT molecular complexity index is 526. The minimum Gasteiger partial charge on any atom is -0.294 e. The molecule has 0 N–H and O–H groups in total. The van der Waals surface area contributed by atoms with Gasteiger partial charge in [-0.2, -0.15) is 0 Å². The second-order valence-electron chi connectivity index (χ2n) is 4.17. The van der Waals surface area contributed by atoms with Gasteiger partial charge in [-0.15, -0.1) is 11.8 Å². The number of carbonyl (C=O) groups excluding carboxylic acids is 2. The standard InChI is InChI=1S/C13H13NO2S/c1-8(15)10-7-9-5-4-6-13(2,17-3)11(9)14-12(10)16/h4-7H,1-3H3. The molecule has 0 saturated heterocycles. The molecular weight excluding hydrogens is 234 g/mol. The zero-order chi connectivity index (χ0) is 12.6. The smallest absolute Gasteiger partial charge is 0.280 e. The Morgan fingerprint density at radius 1 is 1.47 bits per heavy atom. The van der Waals surface area contributed by atoms with E-state index in [9.17, 15) is 9.59 Å². The van der Waals surface area contributed by atoms with Gasteiger partial charge in [0, 0.05) is 0 Å². The summed E-state index contributed by atoms with van der Waals surface area (Å²) in [6.45, 7) is 3.40. The number of amides is 1. The third kappa shape index (κ3) is 1.93. The van der Waals surface area contributed by atoms with E-state index < -0.39 is 5.91 Å². The van der Waals surface area contributed by atoms with Crippen LogP contribution in [-0.4, -0.2) is 28.4 Å². The number of carbonyl (C=O) groups is 2. The first kappa shape index (κ1) is 12.0. The maximum Gasteiger partial charge on any atom is 0.280 e. The molecule has 1 heterocycles. The molecule has 1 aliphatic heterocycles. The van der Waals surface area contributed by atoms with Gasteiger partial charge in [-0.25, -0.2) is 4.99 Å². The zero-order valence-corrected chi connectivity index (χ0v) is 10.8. The van der Waals surface area contributed by atoms with E-state index in [2.05, 4.69) is 4.99 Å². The van der Waals surface area contributed by atoms with Gasteiger partial charge in [-0.1, -0.05) is 18.2 Å². The van der Waals surface area contributed by atoms with Crippen molar-refractivity contribution < 1.29 is 9.59 Å². The topological polar surface area (TPSA) is 46.5 Å². The first-order valence-electron chi connectivity index (χ1n) is 5.29. The van der Waals surface area contributed by atoms with Crippen LogP contribution in [0.5, 0.6) is 0 Å². The van der Waals surface area contributed by atoms with Gasteiger partial charge in [0.15, 0.2) is 5.78 Å². The van der Waals surface area contributed by atoms with Crippen molar-refractivity contribution in [2.75, 3.05) is 6.26 Å². The molecule has 3 nitrogen and oxygen atoms in total. The summed E-state index contributed by atoms with van der Waals surface area (Å²) in [4.78, 5) is 27.1. The first-order chi connectivity index (χ1) is 7.98. The van der Waals surface area contributed by atoms with E-state index in [0.29, 0.717) is 0 Å². The van der Waals surface area contributed by atoms with Gasteiger partial charge in [0.05, 0.1) is 16.0 Å². The predicted octanol–water partition coefficient (Wildman–Crippen LogP) is 2.10. The molecule has 0 aromatic heterocycles. The van der Waals surface area contributed by atoms with E-state index in [-0.39, 0.29) is 16.1 Å². The lowest BCUT2D eigenvalue weighted by molar-refractivity contribution is -0.119. The lowest BCUT2D eigenvalue weighted by Gasteiger charge is -2.30. The maximum atomic E-state index is 11.8. The fourth-order valence-electron chi connectivity index (χ4n) is 1.87. The number of hydrogen-bond acceptors (Lipinski definition) is 3. The Kier molecular flexibility index (Phi) is 2.91. The highest BCUT2D eigenvalue weighted by atomic mass is 32.2. The summed E-state index contributed by atoms with van der Waals surface area (Å²) in [5.74, 6) is -0.667. The van der Waals surface area contributed by atoms with Crippen LogP contribution < -0.4 is 0 Å². The highest BCUT2D eigenvalue weighted by Gasteiger charge is 2.35. The summed E-state index contributed by atoms with van der Waals surface area (Å²) < 4.78 is -0.293. The molecule has 0 aromatic rings. The minimum atomic E-state index is -0.430. The van der Waals surface area contributed by atoms with Crippen LogP contribution in [0.2, 0.25) is 0 Å². The van der Waals surface area contributed by atoms with Crippen molar-refractivity contribution in [1.82, 2.24) is 0 Å². The molecule has 0 bridgehead atoms. The molecule has 1 amide bonds. The van der Waals surface area contributed by atoms with Crippen LogP contribution in [0.1, 0.15) is 13.8 Å². The van der Waals surface area contributed by atoms with Gasteiger partial charge in [0.2, 0.25) is 0 Å². The number of hydrogen-bond donors (Lipinski definition) is 0. The summed E-state index contributed by atoms with van der Waals surface area (Å²) in [5.41, 5.74) is 1.76. The zero-order valence-electron chi connectivity index (χ0n) is 9.98. The molecule has 1 atom stereocenters. The lowest BCUT2D eigenvalue weighted by atomic mass is 9.88. The van der Waals surface area contributed by atoms with Crippen molar-refractivity contribution in [3.63, 3.8) is 0 Å². The Morgan fingerprint density at radius 3 is 2.76 bits per heavy atom. The van der Waals surface area contributed by atoms with E-state index in [1.54, 1.807) is 17.8 Å². The number of nitrogens with zero attached hydrogens (tertiary/aromatic N) is 1. The third-order valence-electron chi connectivity index (χ3n) is 2.98. The maximum absolute atomic E-state index is 11.8. The summed E-state index contributed by atoms with van der Waals surface area (Å²) in [6, 6.07) is 0. The molecule has 0 fully saturated rings. The van der Waals surface area contributed by atoms with Crippen molar-refractivity contribution in [2.45, 2.75) is 18.6 Å². The van der Waals surface area contributed by atoms with Crippen LogP contribution in [0.4, 0.5) is 0 Å². The Labute approximate surface area is 104 Å². The summed E-state index contributed by atoms with van der Waals surface area (Å²) in [5, 5.41) is 0. The molecule has 1 unspecified atom stereocenters. The number of ketones is 1. The average Bonchev–Trinajstić information content (AvgIpc) is 2.29. The van der Waals surface area contributed by atoms with E-state index in [4.69, 9.17) is 0 Å². The highest BCUT2D eigenvalue weighted by molar-refractivity contribution is 8.01. The molecule has 2 rings (SSSR count). The van der Waals surface area contributed by atoms with Gasteiger partial charge < -0.3 is 0 Å². The van der Waals surface area contributed by atoms with Crippen LogP contribution >= 0.6 is 11.8 Å². The Balaban J connectivity index is 2.52. The Morgan fingerprint density at radius 2 is 2.18 bits per heavy atom. The molecule has 0 saturated carbocycles. The predicted molar refractivity (Wildman–Crippen MR) is 70.3 cm³/mol. The summed E-state index contributed by atoms with van der Waals surface area (Å²) >= 11 is 1.62.